The summed E-state index contributed by atoms with van der Waals surface area (Å²) in [6.07, 6.45) is 3.62. The molecule has 2 N–H and O–H groups in total. The van der Waals surface area contributed by atoms with Gasteiger partial charge < -0.3 is 10.5 Å². The normalized spacial score (nSPS) is 17.6. The molecule has 2 aromatic rings. The Labute approximate surface area is 128 Å². The van der Waals surface area contributed by atoms with Crippen LogP contribution < -0.4 is 10.5 Å². The number of aryl methyl sites for hydroxylation is 1. The lowest BCUT2D eigenvalue weighted by Crippen LogP contribution is -2.16. The fourth-order valence-corrected chi connectivity index (χ4v) is 3.24. The molecule has 0 aliphatic heterocycles. The zero-order chi connectivity index (χ0) is 13.9. The molecule has 1 unspecified atom stereocenters. The number of nitrogens with two attached hydrogens (primary N) is 1. The quantitative estimate of drug-likeness (QED) is 0.838. The predicted molar refractivity (Wildman–Crippen MR) is 86.2 cm³/mol. The van der Waals surface area contributed by atoms with Crippen molar-refractivity contribution in [3.63, 3.8) is 0 Å². The van der Waals surface area contributed by atoms with Gasteiger partial charge in [-0.3, -0.25) is 0 Å². The lowest BCUT2D eigenvalue weighted by molar-refractivity contribution is 0.273. The minimum absolute atomic E-state index is 0.480. The molecule has 104 valence electrons. The van der Waals surface area contributed by atoms with E-state index in [1.807, 2.05) is 18.2 Å². The van der Waals surface area contributed by atoms with Gasteiger partial charge in [-0.15, -0.1) is 0 Å². The summed E-state index contributed by atoms with van der Waals surface area (Å²) >= 11 is 3.49. The van der Waals surface area contributed by atoms with Gasteiger partial charge in [0.15, 0.2) is 0 Å². The van der Waals surface area contributed by atoms with E-state index in [1.165, 1.54) is 30.4 Å². The third-order valence-corrected chi connectivity index (χ3v) is 4.78. The van der Waals surface area contributed by atoms with Gasteiger partial charge in [0.05, 0.1) is 11.1 Å². The largest absolute Gasteiger partial charge is 0.492 e. The molecule has 0 bridgehead atoms. The van der Waals surface area contributed by atoms with Gasteiger partial charge in [0.1, 0.15) is 5.75 Å². The molecule has 2 nitrogen and oxygen atoms in total. The summed E-state index contributed by atoms with van der Waals surface area (Å²) in [5.41, 5.74) is 9.51. The van der Waals surface area contributed by atoms with Gasteiger partial charge in [-0.1, -0.05) is 30.3 Å². The maximum atomic E-state index is 5.99. The molecule has 0 radical (unpaired) electrons. The first-order chi connectivity index (χ1) is 9.75. The van der Waals surface area contributed by atoms with Gasteiger partial charge >= 0.3 is 0 Å². The number of hydrogen-bond donors (Lipinski definition) is 1. The van der Waals surface area contributed by atoms with Crippen molar-refractivity contribution in [3.8, 4) is 5.75 Å². The number of fused-ring (bicyclic) bond motifs is 1. The van der Waals surface area contributed by atoms with Crippen molar-refractivity contribution in [2.24, 2.45) is 0 Å². The number of benzene rings is 2. The standard InChI is InChI=1S/C17H18BrNO/c18-17-15(19)9-4-10-16(17)20-11-13-7-3-6-12-5-1-2-8-14(12)13/h1-2,4-5,8-10,13H,3,6-7,11,19H2. The van der Waals surface area contributed by atoms with Crippen LogP contribution in [0.4, 0.5) is 5.69 Å². The van der Waals surface area contributed by atoms with Crippen LogP contribution in [-0.4, -0.2) is 6.61 Å². The summed E-state index contributed by atoms with van der Waals surface area (Å²) in [5, 5.41) is 0. The first kappa shape index (κ1) is 13.5. The Morgan fingerprint density at radius 3 is 2.90 bits per heavy atom. The van der Waals surface area contributed by atoms with Gasteiger partial charge in [0.2, 0.25) is 0 Å². The van der Waals surface area contributed by atoms with Crippen molar-refractivity contribution in [3.05, 3.63) is 58.1 Å². The fraction of sp³-hybridized carbons (Fsp3) is 0.294. The minimum Gasteiger partial charge on any atom is -0.492 e. The molecule has 3 heteroatoms. The van der Waals surface area contributed by atoms with E-state index in [1.54, 1.807) is 0 Å². The Morgan fingerprint density at radius 2 is 2.00 bits per heavy atom. The zero-order valence-corrected chi connectivity index (χ0v) is 12.9. The van der Waals surface area contributed by atoms with Crippen molar-refractivity contribution in [1.29, 1.82) is 0 Å². The summed E-state index contributed by atoms with van der Waals surface area (Å²) < 4.78 is 6.84. The number of anilines is 1. The van der Waals surface area contributed by atoms with E-state index in [-0.39, 0.29) is 0 Å². The van der Waals surface area contributed by atoms with E-state index in [0.717, 1.165) is 10.2 Å². The van der Waals surface area contributed by atoms with Crippen LogP contribution in [0.3, 0.4) is 0 Å². The second-order valence-electron chi connectivity index (χ2n) is 5.26. The van der Waals surface area contributed by atoms with E-state index >= 15 is 0 Å². The minimum atomic E-state index is 0.480. The third-order valence-electron chi connectivity index (χ3n) is 3.93. The molecule has 0 spiro atoms. The maximum absolute atomic E-state index is 5.99. The molecule has 0 heterocycles. The van der Waals surface area contributed by atoms with E-state index < -0.39 is 0 Å². The zero-order valence-electron chi connectivity index (χ0n) is 11.3. The summed E-state index contributed by atoms with van der Waals surface area (Å²) in [4.78, 5) is 0. The van der Waals surface area contributed by atoms with Crippen LogP contribution in [0.15, 0.2) is 46.9 Å². The first-order valence-corrected chi connectivity index (χ1v) is 7.79. The van der Waals surface area contributed by atoms with Gasteiger partial charge in [-0.25, -0.2) is 0 Å². The number of rotatable bonds is 3. The average Bonchev–Trinajstić information content (AvgIpc) is 2.49. The van der Waals surface area contributed by atoms with Crippen molar-refractivity contribution < 1.29 is 4.74 Å². The maximum Gasteiger partial charge on any atom is 0.135 e. The van der Waals surface area contributed by atoms with Crippen molar-refractivity contribution in [1.82, 2.24) is 0 Å². The Kier molecular flexibility index (Phi) is 3.97. The summed E-state index contributed by atoms with van der Waals surface area (Å²) in [6.45, 7) is 0.707. The van der Waals surface area contributed by atoms with Crippen molar-refractivity contribution in [2.45, 2.75) is 25.2 Å². The Bertz CT molecular complexity index is 612. The van der Waals surface area contributed by atoms with Crippen LogP contribution in [0.5, 0.6) is 5.75 Å². The molecule has 0 aromatic heterocycles. The van der Waals surface area contributed by atoms with Crippen LogP contribution in [0, 0.1) is 0 Å². The monoisotopic (exact) mass is 331 g/mol. The number of ether oxygens (including phenoxy) is 1. The molecule has 20 heavy (non-hydrogen) atoms. The lowest BCUT2D eigenvalue weighted by Gasteiger charge is -2.25. The topological polar surface area (TPSA) is 35.2 Å². The van der Waals surface area contributed by atoms with Gasteiger partial charge in [-0.05, 0) is 58.5 Å². The van der Waals surface area contributed by atoms with E-state index in [9.17, 15) is 0 Å². The second-order valence-corrected chi connectivity index (χ2v) is 6.05. The molecule has 0 saturated heterocycles. The number of halogens is 1. The Morgan fingerprint density at radius 1 is 1.15 bits per heavy atom. The van der Waals surface area contributed by atoms with Gasteiger partial charge in [0.25, 0.3) is 0 Å². The first-order valence-electron chi connectivity index (χ1n) is 7.00. The highest BCUT2D eigenvalue weighted by atomic mass is 79.9. The van der Waals surface area contributed by atoms with Gasteiger partial charge in [0, 0.05) is 11.6 Å². The molecule has 1 aliphatic rings. The van der Waals surface area contributed by atoms with Crippen LogP contribution in [0.2, 0.25) is 0 Å². The summed E-state index contributed by atoms with van der Waals surface area (Å²) in [7, 11) is 0. The molecule has 1 aliphatic carbocycles. The van der Waals surface area contributed by atoms with Crippen LogP contribution in [0.1, 0.15) is 29.9 Å². The molecule has 0 amide bonds. The highest BCUT2D eigenvalue weighted by Crippen LogP contribution is 2.34. The van der Waals surface area contributed by atoms with E-state index in [2.05, 4.69) is 40.2 Å². The molecular formula is C17H18BrNO. The van der Waals surface area contributed by atoms with E-state index in [0.29, 0.717) is 18.2 Å². The summed E-state index contributed by atoms with van der Waals surface area (Å²) in [5.74, 6) is 1.31. The molecule has 3 rings (SSSR count). The van der Waals surface area contributed by atoms with Crippen molar-refractivity contribution in [2.75, 3.05) is 12.3 Å². The third kappa shape index (κ3) is 2.68. The highest BCUT2D eigenvalue weighted by molar-refractivity contribution is 9.10. The second kappa shape index (κ2) is 5.88. The molecule has 0 saturated carbocycles. The summed E-state index contributed by atoms with van der Waals surface area (Å²) in [6, 6.07) is 14.4. The van der Waals surface area contributed by atoms with Crippen LogP contribution in [-0.2, 0) is 6.42 Å². The number of hydrogen-bond acceptors (Lipinski definition) is 2. The Balaban J connectivity index is 1.75. The Hall–Kier alpha value is -1.48. The van der Waals surface area contributed by atoms with Crippen LogP contribution >= 0.6 is 15.9 Å². The number of nitrogen functional groups attached to an aromatic ring is 1. The molecular weight excluding hydrogens is 314 g/mol. The predicted octanol–water partition coefficient (Wildman–Crippen LogP) is 4.53. The highest BCUT2D eigenvalue weighted by Gasteiger charge is 2.20. The molecule has 1 atom stereocenters. The van der Waals surface area contributed by atoms with E-state index in [4.69, 9.17) is 10.5 Å². The van der Waals surface area contributed by atoms with Crippen molar-refractivity contribution >= 4 is 21.6 Å². The lowest BCUT2D eigenvalue weighted by atomic mass is 9.83. The smallest absolute Gasteiger partial charge is 0.135 e. The van der Waals surface area contributed by atoms with Gasteiger partial charge in [-0.2, -0.15) is 0 Å². The fourth-order valence-electron chi connectivity index (χ4n) is 2.86. The molecule has 2 aromatic carbocycles. The SMILES string of the molecule is Nc1cccc(OCC2CCCc3ccccc32)c1Br. The average molecular weight is 332 g/mol. The molecule has 0 fully saturated rings. The van der Waals surface area contributed by atoms with Crippen LogP contribution in [0.25, 0.3) is 0 Å².